The number of hydrogen-bond acceptors (Lipinski definition) is 5. The molecule has 0 aromatic rings. The van der Waals surface area contributed by atoms with E-state index < -0.39 is 0 Å². The minimum Gasteiger partial charge on any atom is -0.466 e. The number of rotatable bonds is 35. The Morgan fingerprint density at radius 2 is 0.721 bits per heavy atom. The standard InChI is InChI=1S/C38H75NO4/c1-4-6-8-10-12-14-16-18-20-22-24-29-35-42-37(40)31-27-26-28-33-39(3)34-32-38(41)43-36-30-25-23-21-19-17-15-13-11-9-7-5-2/h4-36H2,1-3H3. The van der Waals surface area contributed by atoms with E-state index in [1.165, 1.54) is 135 Å². The Balaban J connectivity index is 3.36. The van der Waals surface area contributed by atoms with Crippen LogP contribution in [0.3, 0.4) is 0 Å². The highest BCUT2D eigenvalue weighted by Gasteiger charge is 2.07. The van der Waals surface area contributed by atoms with E-state index in [4.69, 9.17) is 9.47 Å². The van der Waals surface area contributed by atoms with E-state index in [2.05, 4.69) is 25.8 Å². The van der Waals surface area contributed by atoms with Crippen LogP contribution in [-0.4, -0.2) is 50.2 Å². The quantitative estimate of drug-likeness (QED) is 0.0528. The van der Waals surface area contributed by atoms with Gasteiger partial charge in [0.05, 0.1) is 19.6 Å². The van der Waals surface area contributed by atoms with Crippen molar-refractivity contribution >= 4 is 11.9 Å². The molecule has 0 fully saturated rings. The molecule has 0 aliphatic rings. The van der Waals surface area contributed by atoms with Crippen LogP contribution in [0.25, 0.3) is 0 Å². The Labute approximate surface area is 269 Å². The Bertz CT molecular complexity index is 582. The molecule has 0 amide bonds. The summed E-state index contributed by atoms with van der Waals surface area (Å²) in [6.07, 6.45) is 35.5. The SMILES string of the molecule is CCCCCCCCCCCCCCOC(=O)CCCCCN(C)CCC(=O)OCCCCCCCCCCCCCC. The summed E-state index contributed by atoms with van der Waals surface area (Å²) in [5, 5.41) is 0. The molecular weight excluding hydrogens is 534 g/mol. The van der Waals surface area contributed by atoms with Gasteiger partial charge in [-0.25, -0.2) is 0 Å². The zero-order valence-electron chi connectivity index (χ0n) is 29.4. The fourth-order valence-electron chi connectivity index (χ4n) is 5.62. The van der Waals surface area contributed by atoms with Gasteiger partial charge in [0.25, 0.3) is 0 Å². The second-order valence-electron chi connectivity index (χ2n) is 13.1. The Morgan fingerprint density at radius 3 is 1.12 bits per heavy atom. The molecule has 5 nitrogen and oxygen atoms in total. The number of unbranched alkanes of at least 4 members (excludes halogenated alkanes) is 24. The number of esters is 2. The molecule has 0 unspecified atom stereocenters. The minimum atomic E-state index is -0.0779. The first-order valence-corrected chi connectivity index (χ1v) is 19.1. The average Bonchev–Trinajstić information content (AvgIpc) is 3.00. The number of carbonyl (C=O) groups excluding carboxylic acids is 2. The van der Waals surface area contributed by atoms with E-state index in [0.717, 1.165) is 51.6 Å². The van der Waals surface area contributed by atoms with Gasteiger partial charge in [-0.2, -0.15) is 0 Å². The molecule has 0 radical (unpaired) electrons. The summed E-state index contributed by atoms with van der Waals surface area (Å²) in [7, 11) is 2.06. The van der Waals surface area contributed by atoms with Gasteiger partial charge in [-0.1, -0.05) is 162 Å². The van der Waals surface area contributed by atoms with E-state index in [-0.39, 0.29) is 11.9 Å². The van der Waals surface area contributed by atoms with Crippen LogP contribution < -0.4 is 0 Å². The number of hydrogen-bond donors (Lipinski definition) is 0. The average molecular weight is 610 g/mol. The molecule has 0 aliphatic heterocycles. The predicted molar refractivity (Wildman–Crippen MR) is 185 cm³/mol. The molecule has 256 valence electrons. The molecule has 0 saturated heterocycles. The van der Waals surface area contributed by atoms with Crippen molar-refractivity contribution in [1.29, 1.82) is 0 Å². The summed E-state index contributed by atoms with van der Waals surface area (Å²) in [6, 6.07) is 0. The molecule has 0 spiro atoms. The van der Waals surface area contributed by atoms with Gasteiger partial charge >= 0.3 is 11.9 Å². The summed E-state index contributed by atoms with van der Waals surface area (Å²) in [5.41, 5.74) is 0. The van der Waals surface area contributed by atoms with Crippen LogP contribution in [0.4, 0.5) is 0 Å². The molecule has 0 aromatic heterocycles. The number of ether oxygens (including phenoxy) is 2. The van der Waals surface area contributed by atoms with E-state index >= 15 is 0 Å². The van der Waals surface area contributed by atoms with E-state index in [1.54, 1.807) is 0 Å². The van der Waals surface area contributed by atoms with Gasteiger partial charge in [-0.15, -0.1) is 0 Å². The van der Waals surface area contributed by atoms with Gasteiger partial charge in [-0.05, 0) is 39.3 Å². The van der Waals surface area contributed by atoms with Crippen LogP contribution >= 0.6 is 0 Å². The van der Waals surface area contributed by atoms with Crippen LogP contribution in [-0.2, 0) is 19.1 Å². The fraction of sp³-hybridized carbons (Fsp3) is 0.947. The Kier molecular flexibility index (Phi) is 34.5. The maximum absolute atomic E-state index is 12.0. The van der Waals surface area contributed by atoms with Crippen LogP contribution in [0, 0.1) is 0 Å². The van der Waals surface area contributed by atoms with Gasteiger partial charge < -0.3 is 14.4 Å². The topological polar surface area (TPSA) is 55.8 Å². The maximum atomic E-state index is 12.0. The van der Waals surface area contributed by atoms with Crippen molar-refractivity contribution in [3.8, 4) is 0 Å². The van der Waals surface area contributed by atoms with Gasteiger partial charge in [0, 0.05) is 13.0 Å². The highest BCUT2D eigenvalue weighted by atomic mass is 16.5. The van der Waals surface area contributed by atoms with Crippen LogP contribution in [0.2, 0.25) is 0 Å². The fourth-order valence-corrected chi connectivity index (χ4v) is 5.62. The number of nitrogens with zero attached hydrogens (tertiary/aromatic N) is 1. The molecule has 0 rings (SSSR count). The predicted octanol–water partition coefficient (Wildman–Crippen LogP) is 11.4. The highest BCUT2D eigenvalue weighted by Crippen LogP contribution is 2.13. The maximum Gasteiger partial charge on any atom is 0.307 e. The van der Waals surface area contributed by atoms with Crippen molar-refractivity contribution in [3.63, 3.8) is 0 Å². The monoisotopic (exact) mass is 610 g/mol. The van der Waals surface area contributed by atoms with Gasteiger partial charge in [0.1, 0.15) is 0 Å². The number of carbonyl (C=O) groups is 2. The lowest BCUT2D eigenvalue weighted by molar-refractivity contribution is -0.145. The molecule has 0 bridgehead atoms. The third kappa shape index (κ3) is 35.3. The second kappa shape index (κ2) is 35.4. The third-order valence-corrected chi connectivity index (χ3v) is 8.64. The lowest BCUT2D eigenvalue weighted by Crippen LogP contribution is -2.23. The van der Waals surface area contributed by atoms with Gasteiger partial charge in [0.15, 0.2) is 0 Å². The molecule has 5 heteroatoms. The summed E-state index contributed by atoms with van der Waals surface area (Å²) >= 11 is 0. The smallest absolute Gasteiger partial charge is 0.307 e. The summed E-state index contributed by atoms with van der Waals surface area (Å²) in [4.78, 5) is 26.2. The first kappa shape index (κ1) is 41.9. The van der Waals surface area contributed by atoms with Crippen molar-refractivity contribution in [2.45, 2.75) is 200 Å². The Morgan fingerprint density at radius 1 is 0.395 bits per heavy atom. The first-order valence-electron chi connectivity index (χ1n) is 19.1. The van der Waals surface area contributed by atoms with Gasteiger partial charge in [-0.3, -0.25) is 9.59 Å². The van der Waals surface area contributed by atoms with Crippen molar-refractivity contribution in [2.75, 3.05) is 33.4 Å². The molecule has 0 atom stereocenters. The zero-order valence-corrected chi connectivity index (χ0v) is 29.4. The molecule has 0 heterocycles. The molecule has 0 aliphatic carbocycles. The van der Waals surface area contributed by atoms with Crippen LogP contribution in [0.1, 0.15) is 200 Å². The second-order valence-corrected chi connectivity index (χ2v) is 13.1. The minimum absolute atomic E-state index is 0.0488. The third-order valence-electron chi connectivity index (χ3n) is 8.64. The summed E-state index contributed by atoms with van der Waals surface area (Å²) in [5.74, 6) is -0.127. The zero-order chi connectivity index (χ0) is 31.5. The Hall–Kier alpha value is -1.10. The van der Waals surface area contributed by atoms with E-state index in [1.807, 2.05) is 0 Å². The van der Waals surface area contributed by atoms with Gasteiger partial charge in [0.2, 0.25) is 0 Å². The van der Waals surface area contributed by atoms with Crippen molar-refractivity contribution < 1.29 is 19.1 Å². The largest absolute Gasteiger partial charge is 0.466 e. The van der Waals surface area contributed by atoms with Crippen LogP contribution in [0.5, 0.6) is 0 Å². The van der Waals surface area contributed by atoms with Crippen molar-refractivity contribution in [3.05, 3.63) is 0 Å². The summed E-state index contributed by atoms with van der Waals surface area (Å²) in [6.45, 7) is 7.36. The molecule has 0 saturated carbocycles. The molecule has 43 heavy (non-hydrogen) atoms. The molecule has 0 N–H and O–H groups in total. The van der Waals surface area contributed by atoms with Crippen LogP contribution in [0.15, 0.2) is 0 Å². The summed E-state index contributed by atoms with van der Waals surface area (Å²) < 4.78 is 10.8. The van der Waals surface area contributed by atoms with E-state index in [9.17, 15) is 9.59 Å². The van der Waals surface area contributed by atoms with E-state index in [0.29, 0.717) is 26.1 Å². The first-order chi connectivity index (χ1) is 21.1. The highest BCUT2D eigenvalue weighted by molar-refractivity contribution is 5.69. The molecular formula is C38H75NO4. The lowest BCUT2D eigenvalue weighted by Gasteiger charge is -2.16. The lowest BCUT2D eigenvalue weighted by atomic mass is 10.1. The van der Waals surface area contributed by atoms with Crippen molar-refractivity contribution in [1.82, 2.24) is 4.90 Å². The normalized spacial score (nSPS) is 11.3. The van der Waals surface area contributed by atoms with Crippen molar-refractivity contribution in [2.24, 2.45) is 0 Å². The molecule has 0 aromatic carbocycles.